The van der Waals surface area contributed by atoms with E-state index >= 15 is 0 Å². The average molecular weight is 205 g/mol. The number of aryl methyl sites for hydroxylation is 2. The van der Waals surface area contributed by atoms with Crippen molar-refractivity contribution in [3.63, 3.8) is 0 Å². The Morgan fingerprint density at radius 2 is 1.93 bits per heavy atom. The summed E-state index contributed by atoms with van der Waals surface area (Å²) in [6.45, 7) is 1.83. The first-order chi connectivity index (χ1) is 7.02. The van der Waals surface area contributed by atoms with Gasteiger partial charge in [-0.25, -0.2) is 4.79 Å². The molecule has 2 heterocycles. The van der Waals surface area contributed by atoms with Crippen molar-refractivity contribution in [1.29, 1.82) is 0 Å². The fourth-order valence-corrected chi connectivity index (χ4v) is 1.55. The molecule has 15 heavy (non-hydrogen) atoms. The highest BCUT2D eigenvalue weighted by Crippen LogP contribution is 2.16. The molecule has 0 N–H and O–H groups in total. The maximum Gasteiger partial charge on any atom is 0.352 e. The Labute approximate surface area is 86.0 Å². The molecule has 0 amide bonds. The van der Waals surface area contributed by atoms with E-state index < -0.39 is 5.69 Å². The molecule has 0 aromatic rings. The third-order valence-electron chi connectivity index (χ3n) is 2.51. The monoisotopic (exact) mass is 205 g/mol. The molecule has 5 nitrogen and oxygen atoms in total. The number of hydrogen-bond donors (Lipinski definition) is 0. The first kappa shape index (κ1) is 9.64. The molecule has 0 atom stereocenters. The van der Waals surface area contributed by atoms with Crippen LogP contribution >= 0.6 is 0 Å². The van der Waals surface area contributed by atoms with Crippen LogP contribution in [0, 0.1) is 6.92 Å². The van der Waals surface area contributed by atoms with E-state index in [9.17, 15) is 9.59 Å². The van der Waals surface area contributed by atoms with Gasteiger partial charge in [0, 0.05) is 20.3 Å². The maximum atomic E-state index is 11.8. The van der Waals surface area contributed by atoms with Crippen LogP contribution in [0.15, 0.2) is 21.9 Å². The standard InChI is InChI=1S/C10H11N3O2/c1-6-4-5-12(2)8-7(6)9(14)13(3)10(15)11-8/h4-5H,1-3H3. The third-order valence-corrected chi connectivity index (χ3v) is 2.51. The van der Waals surface area contributed by atoms with Crippen molar-refractivity contribution >= 4 is 0 Å². The second-order valence-corrected chi connectivity index (χ2v) is 3.57. The number of pyridine rings is 1. The molecule has 2 rings (SSSR count). The van der Waals surface area contributed by atoms with E-state index in [2.05, 4.69) is 4.98 Å². The lowest BCUT2D eigenvalue weighted by Crippen LogP contribution is -2.36. The second-order valence-electron chi connectivity index (χ2n) is 3.57. The molecule has 0 saturated carbocycles. The fraction of sp³-hybridized carbons (Fsp3) is 0.300. The molecule has 0 bridgehead atoms. The molecule has 2 aliphatic heterocycles. The van der Waals surface area contributed by atoms with Crippen LogP contribution < -0.4 is 11.2 Å². The molecule has 0 aliphatic carbocycles. The predicted molar refractivity (Wildman–Crippen MR) is 56.1 cm³/mol. The largest absolute Gasteiger partial charge is 0.352 e. The van der Waals surface area contributed by atoms with Crippen molar-refractivity contribution in [2.75, 3.05) is 0 Å². The number of aromatic nitrogens is 3. The molecular formula is C10H11N3O2. The van der Waals surface area contributed by atoms with E-state index in [1.807, 2.05) is 13.0 Å². The number of hydrogen-bond acceptors (Lipinski definition) is 3. The van der Waals surface area contributed by atoms with Gasteiger partial charge in [0.25, 0.3) is 5.56 Å². The Balaban J connectivity index is 3.10. The highest BCUT2D eigenvalue weighted by atomic mass is 16.2. The summed E-state index contributed by atoms with van der Waals surface area (Å²) in [5.41, 5.74) is 0.519. The molecule has 0 unspecified atom stereocenters. The Morgan fingerprint density at radius 1 is 1.27 bits per heavy atom. The molecule has 78 valence electrons. The fourth-order valence-electron chi connectivity index (χ4n) is 1.55. The molecule has 0 aromatic heterocycles. The van der Waals surface area contributed by atoms with E-state index in [4.69, 9.17) is 0 Å². The summed E-state index contributed by atoms with van der Waals surface area (Å²) < 4.78 is 2.69. The Bertz CT molecular complexity index is 609. The molecule has 0 radical (unpaired) electrons. The Morgan fingerprint density at radius 3 is 2.60 bits per heavy atom. The number of rotatable bonds is 0. The van der Waals surface area contributed by atoms with Gasteiger partial charge < -0.3 is 4.57 Å². The first-order valence-corrected chi connectivity index (χ1v) is 4.55. The van der Waals surface area contributed by atoms with Crippen molar-refractivity contribution in [2.24, 2.45) is 14.1 Å². The van der Waals surface area contributed by atoms with Crippen LogP contribution in [0.5, 0.6) is 0 Å². The predicted octanol–water partition coefficient (Wildman–Crippen LogP) is -0.108. The van der Waals surface area contributed by atoms with Gasteiger partial charge in [0.1, 0.15) is 0 Å². The molecule has 2 aliphatic rings. The Kier molecular flexibility index (Phi) is 1.96. The van der Waals surface area contributed by atoms with Gasteiger partial charge in [-0.05, 0) is 18.6 Å². The third kappa shape index (κ3) is 1.27. The minimum absolute atomic E-state index is 0.293. The first-order valence-electron chi connectivity index (χ1n) is 4.55. The Hall–Kier alpha value is -1.91. The second kappa shape index (κ2) is 3.05. The summed E-state index contributed by atoms with van der Waals surface area (Å²) in [4.78, 5) is 27.1. The molecule has 0 spiro atoms. The minimum atomic E-state index is -0.520. The van der Waals surface area contributed by atoms with E-state index in [-0.39, 0.29) is 5.56 Å². The summed E-state index contributed by atoms with van der Waals surface area (Å²) in [5, 5.41) is 0. The lowest BCUT2D eigenvalue weighted by Gasteiger charge is -2.12. The van der Waals surface area contributed by atoms with Gasteiger partial charge in [-0.15, -0.1) is 0 Å². The smallest absolute Gasteiger partial charge is 0.335 e. The van der Waals surface area contributed by atoms with Crippen LogP contribution in [0.2, 0.25) is 0 Å². The van der Waals surface area contributed by atoms with Gasteiger partial charge in [0.05, 0.1) is 5.56 Å². The van der Waals surface area contributed by atoms with Crippen molar-refractivity contribution in [1.82, 2.24) is 14.1 Å². The van der Waals surface area contributed by atoms with Gasteiger partial charge in [0.15, 0.2) is 5.82 Å². The summed E-state index contributed by atoms with van der Waals surface area (Å²) in [6.07, 6.45) is 1.78. The topological polar surface area (TPSA) is 56.9 Å². The molecule has 0 aromatic carbocycles. The number of fused-ring (bicyclic) bond motifs is 1. The van der Waals surface area contributed by atoms with Gasteiger partial charge in [0.2, 0.25) is 0 Å². The quantitative estimate of drug-likeness (QED) is 0.603. The lowest BCUT2D eigenvalue weighted by atomic mass is 10.1. The molecule has 5 heteroatoms. The van der Waals surface area contributed by atoms with E-state index in [0.717, 1.165) is 10.1 Å². The lowest BCUT2D eigenvalue weighted by molar-refractivity contribution is 0.747. The van der Waals surface area contributed by atoms with Gasteiger partial charge in [-0.3, -0.25) is 9.36 Å². The number of nitrogens with zero attached hydrogens (tertiary/aromatic N) is 3. The van der Waals surface area contributed by atoms with Crippen molar-refractivity contribution in [3.8, 4) is 11.4 Å². The van der Waals surface area contributed by atoms with Gasteiger partial charge in [-0.1, -0.05) is 0 Å². The molecule has 0 saturated heterocycles. The normalized spacial score (nSPS) is 10.9. The van der Waals surface area contributed by atoms with E-state index in [1.54, 1.807) is 17.8 Å². The summed E-state index contributed by atoms with van der Waals surface area (Å²) in [5.74, 6) is 0.433. The highest BCUT2D eigenvalue weighted by molar-refractivity contribution is 5.59. The SMILES string of the molecule is Cc1ccn(C)c2nc(=O)n(C)c(=O)c1-2. The van der Waals surface area contributed by atoms with Crippen LogP contribution in [0.4, 0.5) is 0 Å². The summed E-state index contributed by atoms with van der Waals surface area (Å²) >= 11 is 0. The zero-order valence-corrected chi connectivity index (χ0v) is 8.81. The average Bonchev–Trinajstić information content (AvgIpc) is 2.20. The van der Waals surface area contributed by atoms with Crippen LogP contribution in [-0.2, 0) is 14.1 Å². The van der Waals surface area contributed by atoms with Crippen LogP contribution in [0.25, 0.3) is 11.4 Å². The molecular weight excluding hydrogens is 194 g/mol. The minimum Gasteiger partial charge on any atom is -0.335 e. The van der Waals surface area contributed by atoms with Gasteiger partial charge in [-0.2, -0.15) is 4.98 Å². The van der Waals surface area contributed by atoms with Gasteiger partial charge >= 0.3 is 5.69 Å². The van der Waals surface area contributed by atoms with Crippen molar-refractivity contribution in [2.45, 2.75) is 6.92 Å². The van der Waals surface area contributed by atoms with Crippen molar-refractivity contribution in [3.05, 3.63) is 38.7 Å². The summed E-state index contributed by atoms with van der Waals surface area (Å²) in [7, 11) is 3.19. The van der Waals surface area contributed by atoms with Crippen LogP contribution in [0.1, 0.15) is 5.56 Å². The van der Waals surface area contributed by atoms with Crippen molar-refractivity contribution < 1.29 is 0 Å². The van der Waals surface area contributed by atoms with E-state index in [1.165, 1.54) is 7.05 Å². The molecule has 0 fully saturated rings. The highest BCUT2D eigenvalue weighted by Gasteiger charge is 2.16. The van der Waals surface area contributed by atoms with E-state index in [0.29, 0.717) is 11.4 Å². The summed E-state index contributed by atoms with van der Waals surface area (Å²) in [6, 6.07) is 1.83. The van der Waals surface area contributed by atoms with Crippen LogP contribution in [-0.4, -0.2) is 14.1 Å². The maximum absolute atomic E-state index is 11.8. The van der Waals surface area contributed by atoms with Crippen LogP contribution in [0.3, 0.4) is 0 Å². The zero-order valence-electron chi connectivity index (χ0n) is 8.81. The zero-order chi connectivity index (χ0) is 11.2.